The summed E-state index contributed by atoms with van der Waals surface area (Å²) in [4.78, 5) is 132. The highest BCUT2D eigenvalue weighted by Crippen LogP contribution is 2.32. The number of alkyl carbamates (subject to hydrolysis) is 2. The molecule has 1 atom stereocenters. The minimum absolute atomic E-state index is 0.000546. The van der Waals surface area contributed by atoms with Crippen LogP contribution in [0.25, 0.3) is 0 Å². The topological polar surface area (TPSA) is 487 Å². The van der Waals surface area contributed by atoms with Gasteiger partial charge >= 0.3 is 48.3 Å². The average molecular weight is 2290 g/mol. The highest BCUT2D eigenvalue weighted by molar-refractivity contribution is 8.78. The smallest absolute Gasteiger partial charge is 0.420 e. The largest absolute Gasteiger partial charge is 0.465 e. The van der Waals surface area contributed by atoms with Gasteiger partial charge in [0, 0.05) is 132 Å². The lowest BCUT2D eigenvalue weighted by molar-refractivity contribution is -0.149. The molecule has 1 saturated heterocycles. The predicted molar refractivity (Wildman–Crippen MR) is 590 cm³/mol. The van der Waals surface area contributed by atoms with Crippen LogP contribution in [0.4, 0.5) is 19.2 Å². The summed E-state index contributed by atoms with van der Waals surface area (Å²) in [6.45, 7) is 25.9. The second kappa shape index (κ2) is 94.9. The minimum atomic E-state index is -3.59. The number of halogens is 1. The van der Waals surface area contributed by atoms with Crippen LogP contribution < -0.4 is 30.1 Å². The number of imide groups is 2. The van der Waals surface area contributed by atoms with Gasteiger partial charge < -0.3 is 68.4 Å². The first-order chi connectivity index (χ1) is 68.2. The van der Waals surface area contributed by atoms with Crippen LogP contribution in [0.5, 0.6) is 5.75 Å². The fourth-order valence-corrected chi connectivity index (χ4v) is 22.9. The van der Waals surface area contributed by atoms with Crippen molar-refractivity contribution in [2.45, 2.75) is 171 Å². The van der Waals surface area contributed by atoms with Crippen molar-refractivity contribution >= 4 is 227 Å². The second-order valence-corrected chi connectivity index (χ2v) is 50.5. The van der Waals surface area contributed by atoms with Crippen LogP contribution in [0.15, 0.2) is 78.9 Å². The molecule has 0 aromatic heterocycles. The Morgan fingerprint density at radius 3 is 1.11 bits per heavy atom. The summed E-state index contributed by atoms with van der Waals surface area (Å²) in [5.74, 6) is 6.11. The van der Waals surface area contributed by atoms with Crippen LogP contribution in [-0.2, 0) is 86.7 Å². The molecule has 1 heterocycles. The molecular weight excluding hydrogens is 2140 g/mol. The molecular formula is C92H154ClN7O28S14. The Balaban J connectivity index is 0. The lowest BCUT2D eigenvalue weighted by Crippen LogP contribution is -2.48. The Bertz CT molecular complexity index is 3940. The molecule has 50 heteroatoms. The number of ether oxygens (including phenoxy) is 9. The molecule has 0 radical (unpaired) electrons. The van der Waals surface area contributed by atoms with Gasteiger partial charge in [0.1, 0.15) is 58.6 Å². The van der Waals surface area contributed by atoms with Gasteiger partial charge in [0.15, 0.2) is 0 Å². The molecule has 1 unspecified atom stereocenters. The number of sulfonamides is 2. The summed E-state index contributed by atoms with van der Waals surface area (Å²) in [5, 5.41) is 42.5. The third-order valence-corrected chi connectivity index (χ3v) is 33.7. The van der Waals surface area contributed by atoms with Gasteiger partial charge in [-0.3, -0.25) is 49.2 Å². The molecule has 1 aliphatic rings. The molecule has 816 valence electrons. The zero-order valence-corrected chi connectivity index (χ0v) is 95.9. The summed E-state index contributed by atoms with van der Waals surface area (Å²) in [6.07, 6.45) is 13.2. The summed E-state index contributed by atoms with van der Waals surface area (Å²) < 4.78 is 91.9. The summed E-state index contributed by atoms with van der Waals surface area (Å²) in [5.41, 5.74) is 2.59. The number of benzene rings is 3. The maximum Gasteiger partial charge on any atom is 0.420 e. The van der Waals surface area contributed by atoms with Gasteiger partial charge in [-0.2, -0.15) is 0 Å². The number of para-hydroxylation sites is 1. The van der Waals surface area contributed by atoms with E-state index >= 15 is 0 Å². The molecule has 9 N–H and O–H groups in total. The van der Waals surface area contributed by atoms with Gasteiger partial charge in [-0.25, -0.2) is 50.3 Å². The van der Waals surface area contributed by atoms with E-state index in [1.54, 1.807) is 75.5 Å². The number of amides is 7. The van der Waals surface area contributed by atoms with Crippen molar-refractivity contribution in [1.29, 1.82) is 0 Å². The number of aliphatic hydroxyl groups excluding tert-OH is 4. The average Bonchev–Trinajstić information content (AvgIpc) is 0.837. The fraction of sp³-hybridized carbons (Fsp3) is 0.685. The van der Waals surface area contributed by atoms with Crippen molar-refractivity contribution in [2.24, 2.45) is 23.7 Å². The van der Waals surface area contributed by atoms with Crippen LogP contribution in [-0.4, -0.2) is 320 Å². The van der Waals surface area contributed by atoms with E-state index in [-0.39, 0.29) is 130 Å². The highest BCUT2D eigenvalue weighted by Gasteiger charge is 2.28. The number of nitrogens with zero attached hydrogens (tertiary/aromatic N) is 2. The number of piperazine rings is 1. The first-order valence-corrected chi connectivity index (χ1v) is 66.3. The van der Waals surface area contributed by atoms with E-state index in [9.17, 15) is 69.6 Å². The normalized spacial score (nSPS) is 12.0. The number of hydrogen-bond donors (Lipinski definition) is 9. The van der Waals surface area contributed by atoms with Crippen molar-refractivity contribution in [3.8, 4) is 5.75 Å². The van der Waals surface area contributed by atoms with Crippen molar-refractivity contribution in [2.75, 3.05) is 207 Å². The molecule has 1 fully saturated rings. The molecule has 3 aromatic carbocycles. The van der Waals surface area contributed by atoms with Gasteiger partial charge in [0.05, 0.1) is 69.0 Å². The highest BCUT2D eigenvalue weighted by atomic mass is 35.5. The first kappa shape index (κ1) is 140. The van der Waals surface area contributed by atoms with E-state index in [1.165, 1.54) is 106 Å². The van der Waals surface area contributed by atoms with E-state index < -0.39 is 56.3 Å². The molecule has 1 aliphatic heterocycles. The summed E-state index contributed by atoms with van der Waals surface area (Å²) in [7, 11) is 11.3. The predicted octanol–water partition coefficient (Wildman–Crippen LogP) is 17.0. The van der Waals surface area contributed by atoms with E-state index in [2.05, 4.69) is 104 Å². The molecule has 4 rings (SSSR count). The van der Waals surface area contributed by atoms with Crippen molar-refractivity contribution in [1.82, 2.24) is 35.2 Å². The Labute approximate surface area is 895 Å². The van der Waals surface area contributed by atoms with Crippen LogP contribution in [0.1, 0.15) is 193 Å². The standard InChI is InChI=1S/C25H33ClN2O4S2.C14H28N2O5S3.C14H27NO6S3.C14H17NO6S2.C13H25NO4S2.C12H24O3S2/c26-23-8-6-22(7-9-23)25(21-4-2-1-3-5-21)28-12-10-27(11-13-28)14-16-31-20-24(30)32-17-19-34-33-18-15-29;1-4-6-12(7-5-2)13(17)15-8-10-22-23-11-9-21-14(18)16-24(3,19)20;1-4-6-12(7-5-2)13(16)20-8-10-22-23-11-9-21-14(17)15-24(3,18)19;1-10(17)21-12-5-3-2-4-11(12)13(18)15-14(19)20-7-9-23-22-8-6-16;1-3-5-11(6-4-2)12(16)14-13(17)18-8-10-20-19-9-7-15;1-3-5-11(6-4-2)12(14)15-8-10-17-16-9-7-13/h1-9,25,29H,10-20H2;12H,4-11H2,1-3H3,(H,15,17)(H,16,18);12H,4-11H2,1-3H3,(H,15,17);2-5,16H,6-9H2,1H3,(H,15,18,19);11,15H,3-10H2,1-2H3,(H,14,16,17);11,13H,3-10H2,1-2H3. The van der Waals surface area contributed by atoms with Crippen LogP contribution >= 0.6 is 141 Å². The molecule has 0 bridgehead atoms. The lowest BCUT2D eigenvalue weighted by atomic mass is 9.96. The summed E-state index contributed by atoms with van der Waals surface area (Å²) >= 11 is 6.13. The Kier molecular flexibility index (Phi) is 93.3. The zero-order chi connectivity index (χ0) is 106. The van der Waals surface area contributed by atoms with Crippen molar-refractivity contribution in [3.63, 3.8) is 0 Å². The number of nitrogens with one attached hydrogen (secondary N) is 5. The zero-order valence-electron chi connectivity index (χ0n) is 83.7. The quantitative estimate of drug-likeness (QED) is 0.00833. The van der Waals surface area contributed by atoms with Gasteiger partial charge in [-0.15, -0.1) is 0 Å². The molecule has 142 heavy (non-hydrogen) atoms. The molecule has 0 aliphatic carbocycles. The van der Waals surface area contributed by atoms with Crippen LogP contribution in [0.3, 0.4) is 0 Å². The molecule has 7 amide bonds. The molecule has 3 aromatic rings. The number of carbonyl (C=O) groups excluding carboxylic acids is 11. The monoisotopic (exact) mass is 2290 g/mol. The maximum absolute atomic E-state index is 12.0. The van der Waals surface area contributed by atoms with E-state index in [1.807, 2.05) is 32.0 Å². The third kappa shape index (κ3) is 81.5. The van der Waals surface area contributed by atoms with Gasteiger partial charge in [0.25, 0.3) is 5.91 Å². The molecule has 35 nitrogen and oxygen atoms in total. The fourth-order valence-electron chi connectivity index (χ4n) is 12.3. The Hall–Kier alpha value is -4.46. The number of esters is 4. The Morgan fingerprint density at radius 1 is 0.387 bits per heavy atom. The van der Waals surface area contributed by atoms with Crippen molar-refractivity contribution in [3.05, 3.63) is 101 Å². The van der Waals surface area contributed by atoms with E-state index in [0.29, 0.717) is 84.7 Å². The van der Waals surface area contributed by atoms with E-state index in [4.69, 9.17) is 74.7 Å². The first-order valence-electron chi connectivity index (χ1n) is 47.3. The minimum Gasteiger partial charge on any atom is -0.465 e. The van der Waals surface area contributed by atoms with Gasteiger partial charge in [-0.05, 0) is 86.8 Å². The maximum atomic E-state index is 12.0. The van der Waals surface area contributed by atoms with Crippen LogP contribution in [0.2, 0.25) is 5.02 Å². The number of aliphatic hydroxyl groups is 4. The van der Waals surface area contributed by atoms with E-state index in [0.717, 1.165) is 170 Å². The number of rotatable bonds is 70. The lowest BCUT2D eigenvalue weighted by Gasteiger charge is -2.39. The van der Waals surface area contributed by atoms with Crippen LogP contribution in [0, 0.1) is 23.7 Å². The molecule has 0 spiro atoms. The van der Waals surface area contributed by atoms with Gasteiger partial charge in [-0.1, -0.05) is 302 Å². The summed E-state index contributed by atoms with van der Waals surface area (Å²) in [6, 6.07) is 25.0. The number of carbonyl (C=O) groups is 11. The second-order valence-electron chi connectivity index (χ2n) is 30.3. The van der Waals surface area contributed by atoms with Crippen molar-refractivity contribution < 1.29 is 133 Å². The number of hydrogen-bond acceptors (Lipinski definition) is 42. The van der Waals surface area contributed by atoms with Gasteiger partial charge in [0.2, 0.25) is 31.9 Å². The third-order valence-electron chi connectivity index (χ3n) is 18.2. The Morgan fingerprint density at radius 2 is 0.725 bits per heavy atom. The SMILES string of the molecule is CC(=O)Oc1ccccc1C(=O)NC(=O)OCCSSCCO.CCCC(CCC)C(=O)NC(=O)OCCSSCCO.CCCC(CCC)C(=O)NCCSSCCOC(=O)NS(C)(=O)=O.CCCC(CCC)C(=O)OCCSSCCO.CCCC(CCC)C(=O)OCCSSCCOC(=O)NS(C)(=O)=O.O=C(COCCN1CCN(C(c2ccccc2)c2ccc(Cl)cc2)CC1)OCCSSCCO. The molecule has 0 saturated carbocycles.